The van der Waals surface area contributed by atoms with Crippen molar-refractivity contribution in [2.45, 2.75) is 36.6 Å². The summed E-state index contributed by atoms with van der Waals surface area (Å²) in [5.41, 5.74) is 2.18. The van der Waals surface area contributed by atoms with E-state index in [4.69, 9.17) is 23.2 Å². The number of benzene rings is 3. The van der Waals surface area contributed by atoms with Crippen molar-refractivity contribution in [2.75, 3.05) is 45.5 Å². The van der Waals surface area contributed by atoms with Crippen LogP contribution < -0.4 is 0 Å². The molecule has 3 aromatic carbocycles. The molecule has 7 nitrogen and oxygen atoms in total. The van der Waals surface area contributed by atoms with Gasteiger partial charge in [-0.05, 0) is 73.7 Å². The third kappa shape index (κ3) is 6.27. The molecule has 0 radical (unpaired) electrons. The monoisotopic (exact) mass is 653 g/mol. The van der Waals surface area contributed by atoms with Gasteiger partial charge in [0, 0.05) is 44.9 Å². The minimum atomic E-state index is -3.25. The van der Waals surface area contributed by atoms with Crippen LogP contribution in [0, 0.1) is 11.3 Å². The van der Waals surface area contributed by atoms with E-state index in [1.807, 2.05) is 28.0 Å². The minimum Gasteiger partial charge on any atom is -0.338 e. The van der Waals surface area contributed by atoms with Crippen molar-refractivity contribution >= 4 is 44.9 Å². The van der Waals surface area contributed by atoms with Gasteiger partial charge in [0.15, 0.2) is 9.84 Å². The van der Waals surface area contributed by atoms with Crippen LogP contribution in [-0.4, -0.2) is 80.5 Å². The number of likely N-dealkylation sites (tertiary alicyclic amines) is 3. The van der Waals surface area contributed by atoms with Crippen LogP contribution >= 0.6 is 23.2 Å². The van der Waals surface area contributed by atoms with Crippen LogP contribution in [0.5, 0.6) is 0 Å². The van der Waals surface area contributed by atoms with Crippen LogP contribution in [0.2, 0.25) is 10.0 Å². The highest BCUT2D eigenvalue weighted by Crippen LogP contribution is 2.43. The topological polar surface area (TPSA) is 78.0 Å². The highest BCUT2D eigenvalue weighted by molar-refractivity contribution is 7.90. The van der Waals surface area contributed by atoms with Gasteiger partial charge in [0.05, 0.1) is 25.9 Å². The maximum absolute atomic E-state index is 13.7. The summed E-state index contributed by atoms with van der Waals surface area (Å²) in [7, 11) is -3.25. The second kappa shape index (κ2) is 12.5. The number of halogens is 2. The molecule has 1 spiro atoms. The second-order valence-corrected chi connectivity index (χ2v) is 15.4. The number of piperidine rings is 1. The summed E-state index contributed by atoms with van der Waals surface area (Å²) in [4.78, 5) is 33.8. The van der Waals surface area contributed by atoms with Crippen molar-refractivity contribution in [2.24, 2.45) is 11.3 Å². The summed E-state index contributed by atoms with van der Waals surface area (Å²) in [5.74, 6) is 0.502. The zero-order valence-corrected chi connectivity index (χ0v) is 27.1. The molecule has 3 aromatic rings. The first-order valence-electron chi connectivity index (χ1n) is 15.1. The van der Waals surface area contributed by atoms with E-state index in [-0.39, 0.29) is 34.0 Å². The predicted octanol–water partition coefficient (Wildman–Crippen LogP) is 5.77. The summed E-state index contributed by atoms with van der Waals surface area (Å²) in [5, 5.41) is 0.731. The van der Waals surface area contributed by atoms with Crippen molar-refractivity contribution in [3.63, 3.8) is 0 Å². The van der Waals surface area contributed by atoms with E-state index >= 15 is 0 Å². The lowest BCUT2D eigenvalue weighted by molar-refractivity contribution is -0.139. The fourth-order valence-corrected chi connectivity index (χ4v) is 8.42. The first-order chi connectivity index (χ1) is 21.0. The maximum atomic E-state index is 13.7. The molecule has 0 unspecified atom stereocenters. The quantitative estimate of drug-likeness (QED) is 0.324. The van der Waals surface area contributed by atoms with Crippen molar-refractivity contribution in [3.05, 3.63) is 99.5 Å². The molecule has 0 aliphatic carbocycles. The first-order valence-corrected chi connectivity index (χ1v) is 17.8. The lowest BCUT2D eigenvalue weighted by Crippen LogP contribution is -2.46. The van der Waals surface area contributed by atoms with Gasteiger partial charge >= 0.3 is 0 Å². The van der Waals surface area contributed by atoms with Gasteiger partial charge in [0.1, 0.15) is 0 Å². The summed E-state index contributed by atoms with van der Waals surface area (Å²) in [6, 6.07) is 22.4. The largest absolute Gasteiger partial charge is 0.338 e. The van der Waals surface area contributed by atoms with Crippen molar-refractivity contribution in [1.29, 1.82) is 0 Å². The van der Waals surface area contributed by atoms with Gasteiger partial charge in [-0.2, -0.15) is 0 Å². The number of carbonyl (C=O) groups is 2. The normalized spacial score (nSPS) is 22.2. The zero-order chi connectivity index (χ0) is 31.1. The highest BCUT2D eigenvalue weighted by Gasteiger charge is 2.48. The number of sulfone groups is 1. The van der Waals surface area contributed by atoms with Gasteiger partial charge in [0.2, 0.25) is 5.91 Å². The Bertz CT molecular complexity index is 1620. The fraction of sp³-hybridized carbons (Fsp3) is 0.412. The highest BCUT2D eigenvalue weighted by atomic mass is 35.5. The van der Waals surface area contributed by atoms with Crippen LogP contribution in [0.15, 0.2) is 77.7 Å². The van der Waals surface area contributed by atoms with Crippen molar-refractivity contribution in [1.82, 2.24) is 14.7 Å². The maximum Gasteiger partial charge on any atom is 0.256 e. The Morgan fingerprint density at radius 2 is 1.50 bits per heavy atom. The van der Waals surface area contributed by atoms with E-state index in [1.165, 1.54) is 11.8 Å². The summed E-state index contributed by atoms with van der Waals surface area (Å²) >= 11 is 12.8. The minimum absolute atomic E-state index is 0.135. The summed E-state index contributed by atoms with van der Waals surface area (Å²) in [6.07, 6.45) is 3.67. The Hall–Kier alpha value is -2.91. The Kier molecular flexibility index (Phi) is 8.81. The van der Waals surface area contributed by atoms with Crippen LogP contribution in [-0.2, 0) is 21.2 Å². The van der Waals surface area contributed by atoms with E-state index in [0.717, 1.165) is 44.5 Å². The van der Waals surface area contributed by atoms with Crippen molar-refractivity contribution in [3.8, 4) is 0 Å². The fourth-order valence-electron chi connectivity index (χ4n) is 7.23. The van der Waals surface area contributed by atoms with Crippen LogP contribution in [0.4, 0.5) is 0 Å². The molecule has 0 N–H and O–H groups in total. The average molecular weight is 655 g/mol. The molecule has 3 heterocycles. The second-order valence-electron chi connectivity index (χ2n) is 12.6. The number of nitrogens with zero attached hydrogens (tertiary/aromatic N) is 3. The summed E-state index contributed by atoms with van der Waals surface area (Å²) in [6.45, 7) is 4.95. The van der Waals surface area contributed by atoms with Gasteiger partial charge in [-0.1, -0.05) is 71.7 Å². The molecule has 2 amide bonds. The Labute approximate surface area is 269 Å². The summed E-state index contributed by atoms with van der Waals surface area (Å²) < 4.78 is 23.6. The lowest BCUT2D eigenvalue weighted by Gasteiger charge is -2.39. The SMILES string of the molecule is CS(=O)(=O)c1ccc(CN2CCC3(CCN(C[C@H]4CN(C(=O)c5c(Cl)cccc5Cl)C[C@@H]4c4ccccc4)CC3)C2=O)cc1. The van der Waals surface area contributed by atoms with Gasteiger partial charge in [-0.3, -0.25) is 9.59 Å². The molecule has 6 rings (SSSR count). The molecule has 0 bridgehead atoms. The lowest BCUT2D eigenvalue weighted by atomic mass is 9.76. The molecule has 232 valence electrons. The van der Waals surface area contributed by atoms with Gasteiger partial charge in [-0.15, -0.1) is 0 Å². The standard InChI is InChI=1S/C34H37Cl2N3O4S/c1-44(42,43)27-12-10-24(11-13-27)20-38-19-16-34(33(38)41)14-17-37(18-15-34)21-26-22-39(23-28(26)25-6-3-2-4-7-25)32(40)31-29(35)8-5-9-30(31)36/h2-13,26,28H,14-23H2,1H3/t26-,28+/m0/s1. The van der Waals surface area contributed by atoms with E-state index in [1.54, 1.807) is 42.5 Å². The number of hydrogen-bond donors (Lipinski definition) is 0. The zero-order valence-electron chi connectivity index (χ0n) is 24.8. The number of amides is 2. The first kappa shape index (κ1) is 31.1. The Morgan fingerprint density at radius 3 is 2.14 bits per heavy atom. The number of rotatable bonds is 7. The van der Waals surface area contributed by atoms with Crippen LogP contribution in [0.1, 0.15) is 46.7 Å². The predicted molar refractivity (Wildman–Crippen MR) is 173 cm³/mol. The third-order valence-electron chi connectivity index (χ3n) is 9.76. The molecule has 0 saturated carbocycles. The molecular weight excluding hydrogens is 617 g/mol. The average Bonchev–Trinajstić information content (AvgIpc) is 3.56. The number of carbonyl (C=O) groups excluding carboxylic acids is 2. The molecule has 44 heavy (non-hydrogen) atoms. The van der Waals surface area contributed by atoms with E-state index < -0.39 is 9.84 Å². The van der Waals surface area contributed by atoms with E-state index in [0.29, 0.717) is 41.8 Å². The molecule has 3 aliphatic rings. The van der Waals surface area contributed by atoms with Gasteiger partial charge in [-0.25, -0.2) is 8.42 Å². The van der Waals surface area contributed by atoms with Gasteiger partial charge < -0.3 is 14.7 Å². The molecular formula is C34H37Cl2N3O4S. The van der Waals surface area contributed by atoms with Gasteiger partial charge in [0.25, 0.3) is 5.91 Å². The van der Waals surface area contributed by atoms with Crippen LogP contribution in [0.25, 0.3) is 0 Å². The molecule has 2 atom stereocenters. The van der Waals surface area contributed by atoms with E-state index in [2.05, 4.69) is 17.0 Å². The molecule has 3 saturated heterocycles. The smallest absolute Gasteiger partial charge is 0.256 e. The third-order valence-corrected chi connectivity index (χ3v) is 11.5. The Balaban J connectivity index is 1.10. The Morgan fingerprint density at radius 1 is 0.864 bits per heavy atom. The number of hydrogen-bond acceptors (Lipinski definition) is 5. The molecule has 3 fully saturated rings. The van der Waals surface area contributed by atoms with E-state index in [9.17, 15) is 18.0 Å². The molecule has 10 heteroatoms. The molecule has 0 aromatic heterocycles. The van der Waals surface area contributed by atoms with Crippen molar-refractivity contribution < 1.29 is 18.0 Å². The van der Waals surface area contributed by atoms with Crippen LogP contribution in [0.3, 0.4) is 0 Å². The molecule has 3 aliphatic heterocycles.